The highest BCUT2D eigenvalue weighted by atomic mass is 16.5. The Hall–Kier alpha value is -1.61. The van der Waals surface area contributed by atoms with Crippen molar-refractivity contribution in [2.45, 2.75) is 32.4 Å². The van der Waals surface area contributed by atoms with Crippen molar-refractivity contribution in [2.24, 2.45) is 5.92 Å². The molecular formula is C17H23NO2. The standard InChI is InChI=1S/C17H23NO2/c1-4-10-18-12-13(2)16(11-14(18)3)20-17(19)15-8-6-5-7-9-15/h4-9,13-14,16H,1,10-12H2,2-3H3/t13-,14-,16-/m1/s1. The van der Waals surface area contributed by atoms with E-state index in [0.717, 1.165) is 19.5 Å². The van der Waals surface area contributed by atoms with Gasteiger partial charge in [0.15, 0.2) is 0 Å². The molecule has 0 bridgehead atoms. The largest absolute Gasteiger partial charge is 0.458 e. The van der Waals surface area contributed by atoms with Crippen LogP contribution in [0.4, 0.5) is 0 Å². The summed E-state index contributed by atoms with van der Waals surface area (Å²) in [6.07, 6.45) is 2.81. The number of hydrogen-bond acceptors (Lipinski definition) is 3. The fourth-order valence-corrected chi connectivity index (χ4v) is 2.75. The van der Waals surface area contributed by atoms with Gasteiger partial charge >= 0.3 is 5.97 Å². The van der Waals surface area contributed by atoms with Crippen LogP contribution in [0.1, 0.15) is 30.6 Å². The van der Waals surface area contributed by atoms with Crippen molar-refractivity contribution < 1.29 is 9.53 Å². The first kappa shape index (κ1) is 14.8. The van der Waals surface area contributed by atoms with E-state index in [1.807, 2.05) is 24.3 Å². The molecule has 1 saturated heterocycles. The lowest BCUT2D eigenvalue weighted by atomic mass is 9.91. The van der Waals surface area contributed by atoms with E-state index in [1.165, 1.54) is 0 Å². The van der Waals surface area contributed by atoms with Crippen LogP contribution < -0.4 is 0 Å². The van der Waals surface area contributed by atoms with Crippen molar-refractivity contribution in [2.75, 3.05) is 13.1 Å². The third kappa shape index (κ3) is 3.48. The number of carbonyl (C=O) groups excluding carboxylic acids is 1. The Bertz CT molecular complexity index is 457. The summed E-state index contributed by atoms with van der Waals surface area (Å²) in [6.45, 7) is 9.96. The lowest BCUT2D eigenvalue weighted by molar-refractivity contribution is -0.0228. The van der Waals surface area contributed by atoms with Gasteiger partial charge in [0.05, 0.1) is 5.56 Å². The fourth-order valence-electron chi connectivity index (χ4n) is 2.75. The molecule has 1 aliphatic rings. The van der Waals surface area contributed by atoms with E-state index in [1.54, 1.807) is 12.1 Å². The molecule has 20 heavy (non-hydrogen) atoms. The summed E-state index contributed by atoms with van der Waals surface area (Å²) < 4.78 is 5.70. The highest BCUT2D eigenvalue weighted by Crippen LogP contribution is 2.25. The number of likely N-dealkylation sites (tertiary alicyclic amines) is 1. The number of esters is 1. The predicted molar refractivity (Wildman–Crippen MR) is 80.7 cm³/mol. The van der Waals surface area contributed by atoms with Crippen molar-refractivity contribution in [1.82, 2.24) is 4.90 Å². The minimum atomic E-state index is -0.216. The summed E-state index contributed by atoms with van der Waals surface area (Å²) in [7, 11) is 0. The summed E-state index contributed by atoms with van der Waals surface area (Å²) >= 11 is 0. The third-order valence-electron chi connectivity index (χ3n) is 3.99. The van der Waals surface area contributed by atoms with Gasteiger partial charge in [0.25, 0.3) is 0 Å². The normalized spacial score (nSPS) is 27.0. The van der Waals surface area contributed by atoms with E-state index in [-0.39, 0.29) is 12.1 Å². The Morgan fingerprint density at radius 2 is 2.10 bits per heavy atom. The molecule has 1 aromatic rings. The van der Waals surface area contributed by atoms with E-state index in [9.17, 15) is 4.79 Å². The molecule has 0 unspecified atom stereocenters. The lowest BCUT2D eigenvalue weighted by Gasteiger charge is -2.40. The zero-order valence-corrected chi connectivity index (χ0v) is 12.3. The van der Waals surface area contributed by atoms with Crippen molar-refractivity contribution in [3.05, 3.63) is 48.6 Å². The van der Waals surface area contributed by atoms with Crippen molar-refractivity contribution in [3.63, 3.8) is 0 Å². The number of benzene rings is 1. The van der Waals surface area contributed by atoms with E-state index < -0.39 is 0 Å². The van der Waals surface area contributed by atoms with Crippen LogP contribution in [0.15, 0.2) is 43.0 Å². The molecule has 3 heteroatoms. The molecule has 0 aliphatic carbocycles. The zero-order chi connectivity index (χ0) is 14.5. The van der Waals surface area contributed by atoms with Crippen LogP contribution in [0.25, 0.3) is 0 Å². The van der Waals surface area contributed by atoms with Crippen LogP contribution >= 0.6 is 0 Å². The monoisotopic (exact) mass is 273 g/mol. The van der Waals surface area contributed by atoms with Gasteiger partial charge in [-0.1, -0.05) is 31.2 Å². The van der Waals surface area contributed by atoms with Gasteiger partial charge < -0.3 is 4.74 Å². The predicted octanol–water partition coefficient (Wildman–Crippen LogP) is 3.13. The molecule has 3 nitrogen and oxygen atoms in total. The quantitative estimate of drug-likeness (QED) is 0.623. The Kier molecular flexibility index (Phi) is 4.96. The molecule has 0 spiro atoms. The number of nitrogens with zero attached hydrogens (tertiary/aromatic N) is 1. The van der Waals surface area contributed by atoms with Crippen LogP contribution in [-0.4, -0.2) is 36.1 Å². The summed E-state index contributed by atoms with van der Waals surface area (Å²) in [6, 6.07) is 9.62. The third-order valence-corrected chi connectivity index (χ3v) is 3.99. The first-order chi connectivity index (χ1) is 9.61. The van der Waals surface area contributed by atoms with Gasteiger partial charge in [-0.3, -0.25) is 4.90 Å². The van der Waals surface area contributed by atoms with Gasteiger partial charge in [-0.05, 0) is 19.1 Å². The molecule has 2 rings (SSSR count). The van der Waals surface area contributed by atoms with E-state index >= 15 is 0 Å². The maximum Gasteiger partial charge on any atom is 0.338 e. The molecule has 0 N–H and O–H groups in total. The lowest BCUT2D eigenvalue weighted by Crippen LogP contribution is -2.48. The molecule has 0 amide bonds. The number of rotatable bonds is 4. The van der Waals surface area contributed by atoms with Crippen molar-refractivity contribution in [1.29, 1.82) is 0 Å². The van der Waals surface area contributed by atoms with Crippen molar-refractivity contribution in [3.8, 4) is 0 Å². The minimum absolute atomic E-state index is 0.00114. The van der Waals surface area contributed by atoms with E-state index in [0.29, 0.717) is 17.5 Å². The van der Waals surface area contributed by atoms with Crippen LogP contribution in [0, 0.1) is 5.92 Å². The summed E-state index contributed by atoms with van der Waals surface area (Å²) in [5.41, 5.74) is 0.626. The fraction of sp³-hybridized carbons (Fsp3) is 0.471. The maximum atomic E-state index is 12.1. The number of hydrogen-bond donors (Lipinski definition) is 0. The first-order valence-electron chi connectivity index (χ1n) is 7.22. The second-order valence-corrected chi connectivity index (χ2v) is 5.61. The average molecular weight is 273 g/mol. The SMILES string of the molecule is C=CCN1C[C@@H](C)[C@H](OC(=O)c2ccccc2)C[C@H]1C. The van der Waals surface area contributed by atoms with Crippen LogP contribution in [0.2, 0.25) is 0 Å². The van der Waals surface area contributed by atoms with Crippen LogP contribution in [0.5, 0.6) is 0 Å². The Morgan fingerprint density at radius 3 is 2.75 bits per heavy atom. The first-order valence-corrected chi connectivity index (χ1v) is 7.22. The molecule has 3 atom stereocenters. The average Bonchev–Trinajstić information content (AvgIpc) is 2.45. The van der Waals surface area contributed by atoms with Gasteiger partial charge in [-0.15, -0.1) is 6.58 Å². The molecule has 0 aromatic heterocycles. The van der Waals surface area contributed by atoms with Gasteiger partial charge in [-0.25, -0.2) is 4.79 Å². The van der Waals surface area contributed by atoms with E-state index in [4.69, 9.17) is 4.74 Å². The Morgan fingerprint density at radius 1 is 1.40 bits per heavy atom. The van der Waals surface area contributed by atoms with Crippen LogP contribution in [-0.2, 0) is 4.74 Å². The molecule has 1 aliphatic heterocycles. The van der Waals surface area contributed by atoms with Crippen LogP contribution in [0.3, 0.4) is 0 Å². The molecule has 1 fully saturated rings. The van der Waals surface area contributed by atoms with Gasteiger partial charge in [0, 0.05) is 31.5 Å². The maximum absolute atomic E-state index is 12.1. The number of carbonyl (C=O) groups is 1. The second kappa shape index (κ2) is 6.71. The molecular weight excluding hydrogens is 250 g/mol. The number of piperidine rings is 1. The summed E-state index contributed by atoms with van der Waals surface area (Å²) in [5, 5.41) is 0. The zero-order valence-electron chi connectivity index (χ0n) is 12.3. The van der Waals surface area contributed by atoms with Gasteiger partial charge in [0.2, 0.25) is 0 Å². The topological polar surface area (TPSA) is 29.5 Å². The van der Waals surface area contributed by atoms with Crippen molar-refractivity contribution >= 4 is 5.97 Å². The highest BCUT2D eigenvalue weighted by Gasteiger charge is 2.32. The second-order valence-electron chi connectivity index (χ2n) is 5.61. The van der Waals surface area contributed by atoms with E-state index in [2.05, 4.69) is 25.3 Å². The molecule has 1 aromatic carbocycles. The van der Waals surface area contributed by atoms with Gasteiger partial charge in [0.1, 0.15) is 6.10 Å². The summed E-state index contributed by atoms with van der Waals surface area (Å²) in [4.78, 5) is 14.5. The molecule has 0 radical (unpaired) electrons. The summed E-state index contributed by atoms with van der Waals surface area (Å²) in [5.74, 6) is 0.130. The molecule has 108 valence electrons. The molecule has 0 saturated carbocycles. The minimum Gasteiger partial charge on any atom is -0.458 e. The van der Waals surface area contributed by atoms with Gasteiger partial charge in [-0.2, -0.15) is 0 Å². The Balaban J connectivity index is 1.97. The Labute approximate surface area is 121 Å². The highest BCUT2D eigenvalue weighted by molar-refractivity contribution is 5.89. The smallest absolute Gasteiger partial charge is 0.338 e. The number of ether oxygens (including phenoxy) is 1. The molecule has 1 heterocycles.